The third-order valence-corrected chi connectivity index (χ3v) is 2.18. The van der Waals surface area contributed by atoms with Gasteiger partial charge >= 0.3 is 5.97 Å². The molecule has 0 radical (unpaired) electrons. The van der Waals surface area contributed by atoms with Crippen LogP contribution in [0.5, 0.6) is 0 Å². The smallest absolute Gasteiger partial charge is 0.309 e. The number of benzene rings is 1. The van der Waals surface area contributed by atoms with Crippen molar-refractivity contribution in [3.8, 4) is 0 Å². The van der Waals surface area contributed by atoms with E-state index >= 15 is 0 Å². The summed E-state index contributed by atoms with van der Waals surface area (Å²) in [5.74, 6) is -0.359. The minimum absolute atomic E-state index is 0.101. The van der Waals surface area contributed by atoms with Crippen LogP contribution < -0.4 is 0 Å². The van der Waals surface area contributed by atoms with E-state index in [0.717, 1.165) is 12.8 Å². The van der Waals surface area contributed by atoms with Gasteiger partial charge in [0.1, 0.15) is 12.4 Å². The molecule has 1 aromatic carbocycles. The van der Waals surface area contributed by atoms with Crippen LogP contribution in [0.1, 0.15) is 18.4 Å². The zero-order valence-electron chi connectivity index (χ0n) is 7.70. The molecule has 2 nitrogen and oxygen atoms in total. The van der Waals surface area contributed by atoms with Crippen LogP contribution in [-0.2, 0) is 16.1 Å². The summed E-state index contributed by atoms with van der Waals surface area (Å²) >= 11 is 0. The highest BCUT2D eigenvalue weighted by Gasteiger charge is 2.31. The summed E-state index contributed by atoms with van der Waals surface area (Å²) in [5, 5.41) is 0. The molecule has 3 heteroatoms. The predicted octanol–water partition coefficient (Wildman–Crippen LogP) is 2.28. The first kappa shape index (κ1) is 9.19. The van der Waals surface area contributed by atoms with Gasteiger partial charge in [0.25, 0.3) is 0 Å². The van der Waals surface area contributed by atoms with E-state index in [0.29, 0.717) is 5.56 Å². The quantitative estimate of drug-likeness (QED) is 0.690. The molecule has 1 aromatic rings. The number of esters is 1. The molecule has 0 N–H and O–H groups in total. The Hall–Kier alpha value is -1.38. The Balaban J connectivity index is 1.87. The lowest BCUT2D eigenvalue weighted by molar-refractivity contribution is -0.146. The topological polar surface area (TPSA) is 26.3 Å². The number of carbonyl (C=O) groups excluding carboxylic acids is 1. The molecule has 0 spiro atoms. The normalized spacial score (nSPS) is 15.2. The van der Waals surface area contributed by atoms with E-state index in [1.54, 1.807) is 12.1 Å². The van der Waals surface area contributed by atoms with Gasteiger partial charge in [0.05, 0.1) is 5.92 Å². The second-order valence-corrected chi connectivity index (χ2v) is 3.51. The molecule has 1 aliphatic rings. The van der Waals surface area contributed by atoms with Gasteiger partial charge < -0.3 is 4.74 Å². The van der Waals surface area contributed by atoms with Crippen molar-refractivity contribution in [3.63, 3.8) is 0 Å². The van der Waals surface area contributed by atoms with Gasteiger partial charge in [-0.2, -0.15) is 0 Å². The Bertz CT molecular complexity index is 345. The van der Waals surface area contributed by atoms with Crippen LogP contribution in [0.4, 0.5) is 4.39 Å². The Morgan fingerprint density at radius 3 is 2.93 bits per heavy atom. The second kappa shape index (κ2) is 3.78. The van der Waals surface area contributed by atoms with Gasteiger partial charge in [-0.3, -0.25) is 4.79 Å². The fourth-order valence-corrected chi connectivity index (χ4v) is 1.22. The maximum atomic E-state index is 12.7. The van der Waals surface area contributed by atoms with Crippen molar-refractivity contribution in [2.24, 2.45) is 5.92 Å². The summed E-state index contributed by atoms with van der Waals surface area (Å²) in [6, 6.07) is 6.09. The summed E-state index contributed by atoms with van der Waals surface area (Å²) in [5.41, 5.74) is 0.694. The first-order valence-corrected chi connectivity index (χ1v) is 4.67. The van der Waals surface area contributed by atoms with Gasteiger partial charge in [0.15, 0.2) is 0 Å². The van der Waals surface area contributed by atoms with Gasteiger partial charge in [-0.15, -0.1) is 0 Å². The minimum atomic E-state index is -0.301. The van der Waals surface area contributed by atoms with Crippen LogP contribution in [0.2, 0.25) is 0 Å². The SMILES string of the molecule is O=C(OCc1cccc(F)c1)C1CC1. The molecular weight excluding hydrogens is 183 g/mol. The van der Waals surface area contributed by atoms with Crippen molar-refractivity contribution in [2.45, 2.75) is 19.4 Å². The fraction of sp³-hybridized carbons (Fsp3) is 0.364. The largest absolute Gasteiger partial charge is 0.461 e. The average Bonchev–Trinajstić information content (AvgIpc) is 2.97. The highest BCUT2D eigenvalue weighted by Crippen LogP contribution is 2.30. The maximum Gasteiger partial charge on any atom is 0.309 e. The fourth-order valence-electron chi connectivity index (χ4n) is 1.22. The van der Waals surface area contributed by atoms with Crippen LogP contribution in [0, 0.1) is 11.7 Å². The van der Waals surface area contributed by atoms with E-state index in [2.05, 4.69) is 0 Å². The first-order valence-electron chi connectivity index (χ1n) is 4.67. The minimum Gasteiger partial charge on any atom is -0.461 e. The van der Waals surface area contributed by atoms with Crippen molar-refractivity contribution in [1.29, 1.82) is 0 Å². The third kappa shape index (κ3) is 2.31. The zero-order chi connectivity index (χ0) is 9.97. The van der Waals surface area contributed by atoms with Crippen LogP contribution in [-0.4, -0.2) is 5.97 Å². The van der Waals surface area contributed by atoms with Crippen molar-refractivity contribution < 1.29 is 13.9 Å². The van der Waals surface area contributed by atoms with Crippen molar-refractivity contribution in [3.05, 3.63) is 35.6 Å². The van der Waals surface area contributed by atoms with Crippen molar-refractivity contribution in [1.82, 2.24) is 0 Å². The summed E-state index contributed by atoms with van der Waals surface area (Å²) in [4.78, 5) is 11.1. The van der Waals surface area contributed by atoms with Gasteiger partial charge in [0, 0.05) is 0 Å². The van der Waals surface area contributed by atoms with Crippen LogP contribution in [0.15, 0.2) is 24.3 Å². The Kier molecular flexibility index (Phi) is 2.48. The maximum absolute atomic E-state index is 12.7. The van der Waals surface area contributed by atoms with E-state index in [1.807, 2.05) is 0 Å². The Morgan fingerprint density at radius 2 is 2.29 bits per heavy atom. The van der Waals surface area contributed by atoms with Crippen molar-refractivity contribution in [2.75, 3.05) is 0 Å². The molecule has 14 heavy (non-hydrogen) atoms. The van der Waals surface area contributed by atoms with E-state index in [-0.39, 0.29) is 24.3 Å². The van der Waals surface area contributed by atoms with E-state index < -0.39 is 0 Å². The zero-order valence-corrected chi connectivity index (χ0v) is 7.70. The number of carbonyl (C=O) groups is 1. The number of ether oxygens (including phenoxy) is 1. The summed E-state index contributed by atoms with van der Waals surface area (Å²) < 4.78 is 17.7. The highest BCUT2D eigenvalue weighted by molar-refractivity contribution is 5.74. The van der Waals surface area contributed by atoms with Crippen molar-refractivity contribution >= 4 is 5.97 Å². The molecule has 1 aliphatic carbocycles. The van der Waals surface area contributed by atoms with Gasteiger partial charge in [-0.05, 0) is 30.5 Å². The Morgan fingerprint density at radius 1 is 1.50 bits per heavy atom. The number of hydrogen-bond acceptors (Lipinski definition) is 2. The predicted molar refractivity (Wildman–Crippen MR) is 48.9 cm³/mol. The van der Waals surface area contributed by atoms with E-state index in [9.17, 15) is 9.18 Å². The molecule has 0 atom stereocenters. The molecule has 0 heterocycles. The molecule has 74 valence electrons. The number of halogens is 1. The van der Waals surface area contributed by atoms with Gasteiger partial charge in [-0.1, -0.05) is 12.1 Å². The Labute approximate surface area is 81.7 Å². The molecule has 0 unspecified atom stereocenters. The molecule has 0 amide bonds. The molecular formula is C11H11FO2. The molecule has 0 bridgehead atoms. The van der Waals surface area contributed by atoms with Crippen LogP contribution >= 0.6 is 0 Å². The molecule has 1 fully saturated rings. The third-order valence-electron chi connectivity index (χ3n) is 2.18. The van der Waals surface area contributed by atoms with Crippen LogP contribution in [0.3, 0.4) is 0 Å². The van der Waals surface area contributed by atoms with E-state index in [1.165, 1.54) is 12.1 Å². The molecule has 2 rings (SSSR count). The summed E-state index contributed by atoms with van der Waals surface area (Å²) in [6.07, 6.45) is 1.87. The molecule has 1 saturated carbocycles. The van der Waals surface area contributed by atoms with Crippen LogP contribution in [0.25, 0.3) is 0 Å². The van der Waals surface area contributed by atoms with Gasteiger partial charge in [-0.25, -0.2) is 4.39 Å². The second-order valence-electron chi connectivity index (χ2n) is 3.51. The highest BCUT2D eigenvalue weighted by atomic mass is 19.1. The average molecular weight is 194 g/mol. The standard InChI is InChI=1S/C11H11FO2/c12-10-3-1-2-8(6-10)7-14-11(13)9-4-5-9/h1-3,6,9H,4-5,7H2. The number of hydrogen-bond donors (Lipinski definition) is 0. The molecule has 0 saturated heterocycles. The lowest BCUT2D eigenvalue weighted by atomic mass is 10.2. The monoisotopic (exact) mass is 194 g/mol. The molecule has 0 aromatic heterocycles. The van der Waals surface area contributed by atoms with Gasteiger partial charge in [0.2, 0.25) is 0 Å². The summed E-state index contributed by atoms with van der Waals surface area (Å²) in [7, 11) is 0. The number of rotatable bonds is 3. The lowest BCUT2D eigenvalue weighted by Crippen LogP contribution is -2.06. The lowest BCUT2D eigenvalue weighted by Gasteiger charge is -2.03. The molecule has 0 aliphatic heterocycles. The van der Waals surface area contributed by atoms with E-state index in [4.69, 9.17) is 4.74 Å². The summed E-state index contributed by atoms with van der Waals surface area (Å²) in [6.45, 7) is 0.174. The first-order chi connectivity index (χ1) is 6.75.